The number of hydrogen-bond acceptors (Lipinski definition) is 5. The van der Waals surface area contributed by atoms with E-state index in [0.717, 1.165) is 44.9 Å². The van der Waals surface area contributed by atoms with Gasteiger partial charge in [0.2, 0.25) is 5.91 Å². The quantitative estimate of drug-likeness (QED) is 0.0243. The molecule has 440 valence electrons. The Morgan fingerprint density at radius 1 is 0.459 bits per heavy atom. The molecule has 0 aromatic carbocycles. The van der Waals surface area contributed by atoms with Crippen LogP contribution < -0.4 is 5.32 Å². The SMILES string of the molecule is CCCCCCC/C=C\C/C=C\CCCCCCCCCCCCCCCCCC(=O)NC(COP(=O)(O)OCC[N+](C)(C)C)C(O)CCCCCCCCCCCCCCCCCCCCCCCCCCC. The van der Waals surface area contributed by atoms with Crippen LogP contribution in [-0.4, -0.2) is 73.4 Å². The van der Waals surface area contributed by atoms with Crippen molar-refractivity contribution >= 4 is 13.7 Å². The Hall–Kier alpha value is -1.02. The van der Waals surface area contributed by atoms with Gasteiger partial charge in [0, 0.05) is 6.42 Å². The van der Waals surface area contributed by atoms with Crippen LogP contribution in [0.25, 0.3) is 0 Å². The Labute approximate surface area is 462 Å². The van der Waals surface area contributed by atoms with E-state index in [-0.39, 0.29) is 19.1 Å². The van der Waals surface area contributed by atoms with Gasteiger partial charge >= 0.3 is 7.82 Å². The van der Waals surface area contributed by atoms with Crippen LogP contribution in [0.15, 0.2) is 24.3 Å². The fourth-order valence-electron chi connectivity index (χ4n) is 10.1. The van der Waals surface area contributed by atoms with Gasteiger partial charge in [0.05, 0.1) is 39.9 Å². The van der Waals surface area contributed by atoms with Crippen LogP contribution in [0, 0.1) is 0 Å². The number of allylic oxidation sites excluding steroid dienone is 4. The number of carbonyl (C=O) groups is 1. The highest BCUT2D eigenvalue weighted by Crippen LogP contribution is 2.43. The van der Waals surface area contributed by atoms with Gasteiger partial charge in [-0.1, -0.05) is 308 Å². The summed E-state index contributed by atoms with van der Waals surface area (Å²) in [6.07, 6.45) is 72.6. The second-order valence-electron chi connectivity index (χ2n) is 23.9. The zero-order chi connectivity index (χ0) is 54.2. The number of aliphatic hydroxyl groups excluding tert-OH is 1. The number of aliphatic hydroxyl groups is 1. The average Bonchev–Trinajstić information content (AvgIpc) is 3.36. The maximum Gasteiger partial charge on any atom is 0.472 e. The van der Waals surface area contributed by atoms with Crippen molar-refractivity contribution in [2.24, 2.45) is 0 Å². The van der Waals surface area contributed by atoms with Crippen LogP contribution >= 0.6 is 7.82 Å². The van der Waals surface area contributed by atoms with Crippen molar-refractivity contribution in [2.45, 2.75) is 347 Å². The van der Waals surface area contributed by atoms with E-state index in [9.17, 15) is 19.4 Å². The van der Waals surface area contributed by atoms with Crippen molar-refractivity contribution in [1.29, 1.82) is 0 Å². The lowest BCUT2D eigenvalue weighted by atomic mass is 10.0. The van der Waals surface area contributed by atoms with E-state index < -0.39 is 20.0 Å². The van der Waals surface area contributed by atoms with E-state index in [1.807, 2.05) is 21.1 Å². The first kappa shape index (κ1) is 73.0. The first-order chi connectivity index (χ1) is 36.0. The molecule has 1 amide bonds. The van der Waals surface area contributed by atoms with Gasteiger partial charge in [0.15, 0.2) is 0 Å². The van der Waals surface area contributed by atoms with Gasteiger partial charge in [-0.3, -0.25) is 13.8 Å². The molecule has 3 unspecified atom stereocenters. The third-order valence-electron chi connectivity index (χ3n) is 15.2. The molecule has 3 atom stereocenters. The van der Waals surface area contributed by atoms with Gasteiger partial charge in [-0.05, 0) is 44.9 Å². The van der Waals surface area contributed by atoms with Gasteiger partial charge in [-0.2, -0.15) is 0 Å². The summed E-state index contributed by atoms with van der Waals surface area (Å²) in [5, 5.41) is 14.1. The average molecular weight is 1070 g/mol. The molecule has 0 spiro atoms. The molecule has 0 radical (unpaired) electrons. The number of unbranched alkanes of at least 4 members (excludes halogenated alkanes) is 44. The van der Waals surface area contributed by atoms with E-state index in [2.05, 4.69) is 43.5 Å². The molecule has 9 heteroatoms. The van der Waals surface area contributed by atoms with Crippen molar-refractivity contribution in [3.05, 3.63) is 24.3 Å². The predicted molar refractivity (Wildman–Crippen MR) is 323 cm³/mol. The number of phosphoric ester groups is 1. The summed E-state index contributed by atoms with van der Waals surface area (Å²) in [4.78, 5) is 23.4. The third kappa shape index (κ3) is 58.7. The number of nitrogens with one attached hydrogen (secondary N) is 1. The van der Waals surface area contributed by atoms with E-state index in [4.69, 9.17) is 9.05 Å². The second kappa shape index (κ2) is 56.7. The number of rotatable bonds is 61. The molecule has 0 heterocycles. The molecule has 74 heavy (non-hydrogen) atoms. The van der Waals surface area contributed by atoms with Gasteiger partial charge in [0.25, 0.3) is 0 Å². The number of amides is 1. The van der Waals surface area contributed by atoms with Gasteiger partial charge in [-0.25, -0.2) is 4.57 Å². The number of likely N-dealkylation sites (N-methyl/N-ethyl adjacent to an activating group) is 1. The molecule has 0 fully saturated rings. The Morgan fingerprint density at radius 2 is 0.770 bits per heavy atom. The minimum Gasteiger partial charge on any atom is -0.391 e. The largest absolute Gasteiger partial charge is 0.472 e. The van der Waals surface area contributed by atoms with Crippen LogP contribution in [-0.2, 0) is 18.4 Å². The van der Waals surface area contributed by atoms with E-state index in [1.165, 1.54) is 263 Å². The molecule has 0 aromatic heterocycles. The summed E-state index contributed by atoms with van der Waals surface area (Å²) in [6, 6.07) is -0.760. The van der Waals surface area contributed by atoms with E-state index >= 15 is 0 Å². The van der Waals surface area contributed by atoms with Crippen molar-refractivity contribution in [2.75, 3.05) is 40.9 Å². The van der Waals surface area contributed by atoms with Crippen molar-refractivity contribution in [3.8, 4) is 0 Å². The van der Waals surface area contributed by atoms with Crippen molar-refractivity contribution in [1.82, 2.24) is 5.32 Å². The molecule has 0 aliphatic carbocycles. The molecule has 0 bridgehead atoms. The lowest BCUT2D eigenvalue weighted by Crippen LogP contribution is -2.46. The summed E-state index contributed by atoms with van der Waals surface area (Å²) in [5.74, 6) is -0.138. The van der Waals surface area contributed by atoms with Crippen LogP contribution in [0.1, 0.15) is 335 Å². The minimum atomic E-state index is -4.33. The standard InChI is InChI=1S/C65H129N2O6P/c1-6-8-10-12-14-16-18-20-22-24-26-28-30-32-33-35-37-39-41-43-45-47-49-51-53-55-57-59-65(69)66-63(62-73-74(70,71)72-61-60-67(3,4)5)64(68)58-56-54-52-50-48-46-44-42-40-38-36-34-31-29-27-25-23-21-19-17-15-13-11-9-7-2/h18,20,24,26,63-64,68H,6-17,19,21-23,25,27-62H2,1-5H3,(H-,66,69,70,71)/p+1/b20-18-,26-24-. The zero-order valence-corrected chi connectivity index (χ0v) is 51.3. The Bertz CT molecular complexity index is 1260. The maximum atomic E-state index is 13.0. The smallest absolute Gasteiger partial charge is 0.391 e. The topological polar surface area (TPSA) is 105 Å². The molecular formula is C65H130N2O6P+. The zero-order valence-electron chi connectivity index (χ0n) is 50.4. The molecule has 0 rings (SSSR count). The monoisotopic (exact) mass is 1070 g/mol. The summed E-state index contributed by atoms with van der Waals surface area (Å²) in [7, 11) is 1.63. The van der Waals surface area contributed by atoms with Crippen molar-refractivity contribution in [3.63, 3.8) is 0 Å². The minimum absolute atomic E-state index is 0.0768. The highest BCUT2D eigenvalue weighted by molar-refractivity contribution is 7.47. The fourth-order valence-corrected chi connectivity index (χ4v) is 10.8. The van der Waals surface area contributed by atoms with Crippen molar-refractivity contribution < 1.29 is 32.9 Å². The molecule has 0 saturated heterocycles. The maximum absolute atomic E-state index is 13.0. The fraction of sp³-hybridized carbons (Fsp3) is 0.923. The Balaban J connectivity index is 4.06. The lowest BCUT2D eigenvalue weighted by molar-refractivity contribution is -0.870. The molecule has 3 N–H and O–H groups in total. The molecule has 0 saturated carbocycles. The summed E-state index contributed by atoms with van der Waals surface area (Å²) < 4.78 is 23.9. The number of nitrogens with zero attached hydrogens (tertiary/aromatic N) is 1. The predicted octanol–water partition coefficient (Wildman–Crippen LogP) is 20.3. The Morgan fingerprint density at radius 3 is 1.11 bits per heavy atom. The number of hydrogen-bond donors (Lipinski definition) is 3. The van der Waals surface area contributed by atoms with Gasteiger partial charge in [0.1, 0.15) is 13.2 Å². The molecule has 0 aliphatic rings. The van der Waals surface area contributed by atoms with Crippen LogP contribution in [0.4, 0.5) is 0 Å². The highest BCUT2D eigenvalue weighted by Gasteiger charge is 2.28. The molecule has 0 aliphatic heterocycles. The summed E-state index contributed by atoms with van der Waals surface area (Å²) >= 11 is 0. The highest BCUT2D eigenvalue weighted by atomic mass is 31.2. The number of phosphoric acid groups is 1. The molecule has 0 aromatic rings. The van der Waals surface area contributed by atoms with Gasteiger partial charge < -0.3 is 19.8 Å². The van der Waals surface area contributed by atoms with Crippen LogP contribution in [0.5, 0.6) is 0 Å². The normalized spacial score (nSPS) is 13.9. The van der Waals surface area contributed by atoms with Gasteiger partial charge in [-0.15, -0.1) is 0 Å². The number of quaternary nitrogens is 1. The molecule has 8 nitrogen and oxygen atoms in total. The van der Waals surface area contributed by atoms with E-state index in [1.54, 1.807) is 0 Å². The van der Waals surface area contributed by atoms with Crippen LogP contribution in [0.2, 0.25) is 0 Å². The first-order valence-electron chi connectivity index (χ1n) is 32.7. The lowest BCUT2D eigenvalue weighted by Gasteiger charge is -2.26. The molecular weight excluding hydrogens is 936 g/mol. The summed E-state index contributed by atoms with van der Waals surface area (Å²) in [5.41, 5.74) is 0. The number of carbonyl (C=O) groups excluding carboxylic acids is 1. The first-order valence-corrected chi connectivity index (χ1v) is 34.2. The summed E-state index contributed by atoms with van der Waals surface area (Å²) in [6.45, 7) is 4.93. The second-order valence-corrected chi connectivity index (χ2v) is 25.3. The van der Waals surface area contributed by atoms with E-state index in [0.29, 0.717) is 23.9 Å². The van der Waals surface area contributed by atoms with Crippen LogP contribution in [0.3, 0.4) is 0 Å². The third-order valence-corrected chi connectivity index (χ3v) is 16.2. The Kier molecular flexibility index (Phi) is 55.9.